The number of hydrogen-bond acceptors (Lipinski definition) is 4. The quantitative estimate of drug-likeness (QED) is 0.808. The molecule has 2 aromatic rings. The van der Waals surface area contributed by atoms with Crippen LogP contribution in [0, 0.1) is 6.92 Å². The minimum absolute atomic E-state index is 0.378. The van der Waals surface area contributed by atoms with E-state index in [4.69, 9.17) is 4.74 Å². The maximum Gasteiger partial charge on any atom is 0.321 e. The van der Waals surface area contributed by atoms with Crippen LogP contribution in [0.15, 0.2) is 36.7 Å². The van der Waals surface area contributed by atoms with Gasteiger partial charge in [-0.15, -0.1) is 0 Å². The second kappa shape index (κ2) is 6.85. The van der Waals surface area contributed by atoms with Gasteiger partial charge in [0.15, 0.2) is 0 Å². The summed E-state index contributed by atoms with van der Waals surface area (Å²) in [6.45, 7) is 5.97. The van der Waals surface area contributed by atoms with Crippen molar-refractivity contribution >= 4 is 0 Å². The van der Waals surface area contributed by atoms with Gasteiger partial charge in [0.05, 0.1) is 0 Å². The Hall–Kier alpha value is -1.94. The molecule has 0 aliphatic rings. The molecule has 0 unspecified atom stereocenters. The fourth-order valence-electron chi connectivity index (χ4n) is 1.61. The molecule has 19 heavy (non-hydrogen) atoms. The lowest BCUT2D eigenvalue weighted by Crippen LogP contribution is -2.14. The van der Waals surface area contributed by atoms with Gasteiger partial charge in [-0.25, -0.2) is 9.97 Å². The van der Waals surface area contributed by atoms with Crippen LogP contribution in [0.3, 0.4) is 0 Å². The van der Waals surface area contributed by atoms with E-state index in [1.807, 2.05) is 31.2 Å². The lowest BCUT2D eigenvalue weighted by atomic mass is 10.2. The first-order valence-electron chi connectivity index (χ1n) is 6.54. The summed E-state index contributed by atoms with van der Waals surface area (Å²) in [5.74, 6) is 0.752. The summed E-state index contributed by atoms with van der Waals surface area (Å²) in [6, 6.07) is 8.20. The maximum absolute atomic E-state index is 5.57. The first-order valence-corrected chi connectivity index (χ1v) is 6.54. The Morgan fingerprint density at radius 3 is 2.42 bits per heavy atom. The number of benzene rings is 1. The van der Waals surface area contributed by atoms with Crippen molar-refractivity contribution in [2.45, 2.75) is 26.8 Å². The normalized spacial score (nSPS) is 10.4. The van der Waals surface area contributed by atoms with Crippen LogP contribution >= 0.6 is 0 Å². The third kappa shape index (κ3) is 4.34. The minimum Gasteiger partial charge on any atom is -0.424 e. The molecule has 0 fully saturated rings. The van der Waals surface area contributed by atoms with E-state index in [-0.39, 0.29) is 0 Å². The molecule has 1 N–H and O–H groups in total. The van der Waals surface area contributed by atoms with Crippen LogP contribution in [-0.2, 0) is 6.54 Å². The summed E-state index contributed by atoms with van der Waals surface area (Å²) in [5.41, 5.74) is 2.26. The molecule has 0 bridgehead atoms. The van der Waals surface area contributed by atoms with Crippen molar-refractivity contribution in [1.29, 1.82) is 0 Å². The molecular formula is C15H19N3O. The third-order valence-corrected chi connectivity index (χ3v) is 2.67. The minimum atomic E-state index is 0.378. The summed E-state index contributed by atoms with van der Waals surface area (Å²) in [5, 5.41) is 3.31. The molecule has 0 spiro atoms. The van der Waals surface area contributed by atoms with Gasteiger partial charge in [-0.2, -0.15) is 0 Å². The van der Waals surface area contributed by atoms with Gasteiger partial charge < -0.3 is 10.1 Å². The molecule has 0 saturated heterocycles. The highest BCUT2D eigenvalue weighted by atomic mass is 16.5. The van der Waals surface area contributed by atoms with Gasteiger partial charge in [-0.1, -0.05) is 24.6 Å². The van der Waals surface area contributed by atoms with E-state index in [0.717, 1.165) is 30.8 Å². The Morgan fingerprint density at radius 1 is 1.11 bits per heavy atom. The Labute approximate surface area is 113 Å². The number of rotatable bonds is 6. The van der Waals surface area contributed by atoms with Crippen LogP contribution in [0.25, 0.3) is 0 Å². The summed E-state index contributed by atoms with van der Waals surface area (Å²) < 4.78 is 5.57. The van der Waals surface area contributed by atoms with E-state index in [1.54, 1.807) is 12.4 Å². The van der Waals surface area contributed by atoms with Crippen molar-refractivity contribution in [3.8, 4) is 11.8 Å². The average molecular weight is 257 g/mol. The number of aryl methyl sites for hydroxylation is 1. The van der Waals surface area contributed by atoms with Gasteiger partial charge in [-0.3, -0.25) is 0 Å². The third-order valence-electron chi connectivity index (χ3n) is 2.67. The summed E-state index contributed by atoms with van der Waals surface area (Å²) in [7, 11) is 0. The Morgan fingerprint density at radius 2 is 1.79 bits per heavy atom. The lowest BCUT2D eigenvalue weighted by Gasteiger charge is -2.05. The molecule has 1 heterocycles. The first-order chi connectivity index (χ1) is 9.28. The molecule has 4 nitrogen and oxygen atoms in total. The average Bonchev–Trinajstić information content (AvgIpc) is 2.44. The Bertz CT molecular complexity index is 494. The van der Waals surface area contributed by atoms with Crippen LogP contribution in [0.2, 0.25) is 0 Å². The zero-order chi connectivity index (χ0) is 13.5. The van der Waals surface area contributed by atoms with E-state index < -0.39 is 0 Å². The van der Waals surface area contributed by atoms with Crippen molar-refractivity contribution in [1.82, 2.24) is 15.3 Å². The number of nitrogens with one attached hydrogen (secondary N) is 1. The summed E-state index contributed by atoms with van der Waals surface area (Å²) in [6.07, 6.45) is 4.70. The predicted octanol–water partition coefficient (Wildman–Crippen LogP) is 3.08. The van der Waals surface area contributed by atoms with E-state index in [1.165, 1.54) is 5.56 Å². The second-order valence-corrected chi connectivity index (χ2v) is 4.47. The van der Waals surface area contributed by atoms with Gasteiger partial charge >= 0.3 is 6.01 Å². The number of aromatic nitrogens is 2. The number of hydrogen-bond donors (Lipinski definition) is 1. The van der Waals surface area contributed by atoms with Gasteiger partial charge in [0.25, 0.3) is 0 Å². The molecule has 0 aliphatic heterocycles. The molecule has 2 rings (SSSR count). The van der Waals surface area contributed by atoms with Crippen molar-refractivity contribution in [3.63, 3.8) is 0 Å². The molecule has 0 atom stereocenters. The van der Waals surface area contributed by atoms with Gasteiger partial charge in [-0.05, 0) is 32.0 Å². The summed E-state index contributed by atoms with van der Waals surface area (Å²) in [4.78, 5) is 8.40. The standard InChI is InChI=1S/C15H19N3O/c1-3-8-16-9-13-10-17-15(18-11-13)19-14-6-4-12(2)5-7-14/h4-7,10-11,16H,3,8-9H2,1-2H3. The van der Waals surface area contributed by atoms with E-state index in [0.29, 0.717) is 6.01 Å². The number of ether oxygens (including phenoxy) is 1. The van der Waals surface area contributed by atoms with Crippen LogP contribution in [0.1, 0.15) is 24.5 Å². The molecule has 0 saturated carbocycles. The smallest absolute Gasteiger partial charge is 0.321 e. The monoisotopic (exact) mass is 257 g/mol. The largest absolute Gasteiger partial charge is 0.424 e. The molecule has 100 valence electrons. The SMILES string of the molecule is CCCNCc1cnc(Oc2ccc(C)cc2)nc1. The van der Waals surface area contributed by atoms with Gasteiger partial charge in [0, 0.05) is 24.5 Å². The van der Waals surface area contributed by atoms with E-state index >= 15 is 0 Å². The zero-order valence-electron chi connectivity index (χ0n) is 11.4. The fourth-order valence-corrected chi connectivity index (χ4v) is 1.61. The van der Waals surface area contributed by atoms with Crippen molar-refractivity contribution < 1.29 is 4.74 Å². The molecule has 1 aromatic heterocycles. The molecule has 0 aliphatic carbocycles. The van der Waals surface area contributed by atoms with E-state index in [9.17, 15) is 0 Å². The lowest BCUT2D eigenvalue weighted by molar-refractivity contribution is 0.440. The first kappa shape index (κ1) is 13.5. The Balaban J connectivity index is 1.92. The molecule has 0 amide bonds. The van der Waals surface area contributed by atoms with Crippen LogP contribution < -0.4 is 10.1 Å². The maximum atomic E-state index is 5.57. The van der Waals surface area contributed by atoms with Crippen LogP contribution in [0.5, 0.6) is 11.8 Å². The molecule has 0 radical (unpaired) electrons. The van der Waals surface area contributed by atoms with Gasteiger partial charge in [0.2, 0.25) is 0 Å². The number of nitrogens with zero attached hydrogens (tertiary/aromatic N) is 2. The van der Waals surface area contributed by atoms with Crippen molar-refractivity contribution in [3.05, 3.63) is 47.8 Å². The Kier molecular flexibility index (Phi) is 4.86. The van der Waals surface area contributed by atoms with E-state index in [2.05, 4.69) is 22.2 Å². The zero-order valence-corrected chi connectivity index (χ0v) is 11.4. The summed E-state index contributed by atoms with van der Waals surface area (Å²) >= 11 is 0. The van der Waals surface area contributed by atoms with Gasteiger partial charge in [0.1, 0.15) is 5.75 Å². The highest BCUT2D eigenvalue weighted by molar-refractivity contribution is 5.28. The topological polar surface area (TPSA) is 47.0 Å². The predicted molar refractivity (Wildman–Crippen MR) is 75.3 cm³/mol. The van der Waals surface area contributed by atoms with Crippen LogP contribution in [0.4, 0.5) is 0 Å². The highest BCUT2D eigenvalue weighted by Crippen LogP contribution is 2.17. The van der Waals surface area contributed by atoms with Crippen LogP contribution in [-0.4, -0.2) is 16.5 Å². The van der Waals surface area contributed by atoms with Crippen molar-refractivity contribution in [2.24, 2.45) is 0 Å². The second-order valence-electron chi connectivity index (χ2n) is 4.47. The van der Waals surface area contributed by atoms with Crippen molar-refractivity contribution in [2.75, 3.05) is 6.54 Å². The molecular weight excluding hydrogens is 238 g/mol. The molecule has 1 aromatic carbocycles. The fraction of sp³-hybridized carbons (Fsp3) is 0.333. The highest BCUT2D eigenvalue weighted by Gasteiger charge is 2.00. The molecule has 4 heteroatoms.